The molecule has 0 radical (unpaired) electrons. The summed E-state index contributed by atoms with van der Waals surface area (Å²) in [7, 11) is 0. The molecule has 1 aliphatic rings. The molecular formula is C21H21FN4O2. The van der Waals surface area contributed by atoms with Crippen LogP contribution >= 0.6 is 0 Å². The van der Waals surface area contributed by atoms with Crippen LogP contribution in [-0.4, -0.2) is 29.2 Å². The van der Waals surface area contributed by atoms with Gasteiger partial charge in [0.25, 0.3) is 5.91 Å². The van der Waals surface area contributed by atoms with Crippen LogP contribution in [0, 0.1) is 12.7 Å². The van der Waals surface area contributed by atoms with E-state index in [9.17, 15) is 9.18 Å². The number of benzene rings is 2. The lowest BCUT2D eigenvalue weighted by Gasteiger charge is -2.16. The van der Waals surface area contributed by atoms with Crippen molar-refractivity contribution in [1.82, 2.24) is 15.5 Å². The summed E-state index contributed by atoms with van der Waals surface area (Å²) >= 11 is 0. The van der Waals surface area contributed by atoms with E-state index in [4.69, 9.17) is 4.42 Å². The number of anilines is 1. The highest BCUT2D eigenvalue weighted by Crippen LogP contribution is 2.26. The molecule has 0 aliphatic carbocycles. The van der Waals surface area contributed by atoms with Crippen LogP contribution in [0.15, 0.2) is 52.9 Å². The molecule has 2 aromatic carbocycles. The second kappa shape index (κ2) is 7.80. The number of hydrogen-bond donors (Lipinski definition) is 1. The molecule has 2 heterocycles. The molecule has 1 aliphatic heterocycles. The quantitative estimate of drug-likeness (QED) is 0.732. The summed E-state index contributed by atoms with van der Waals surface area (Å²) in [6, 6.07) is 13.6. The summed E-state index contributed by atoms with van der Waals surface area (Å²) < 4.78 is 19.8. The van der Waals surface area contributed by atoms with Crippen LogP contribution in [0.2, 0.25) is 0 Å². The Morgan fingerprint density at radius 2 is 1.89 bits per heavy atom. The van der Waals surface area contributed by atoms with Crippen molar-refractivity contribution in [2.75, 3.05) is 18.0 Å². The van der Waals surface area contributed by atoms with Gasteiger partial charge in [-0.2, -0.15) is 0 Å². The standard InChI is InChI=1S/C21H21FN4O2/c1-14-9-10-16(13-17(14)22)19(27)23-18(15-7-3-2-4-8-15)20-24-25-21(28-20)26-11-5-6-12-26/h2-4,7-10,13,18H,5-6,11-12H2,1H3,(H,23,27)/t18-/m0/s1. The first-order valence-electron chi connectivity index (χ1n) is 9.32. The molecule has 0 bridgehead atoms. The molecule has 3 aromatic rings. The molecule has 144 valence electrons. The van der Waals surface area contributed by atoms with Crippen LogP contribution in [0.1, 0.15) is 46.3 Å². The lowest BCUT2D eigenvalue weighted by Crippen LogP contribution is -2.29. The largest absolute Gasteiger partial charge is 0.405 e. The molecule has 1 N–H and O–H groups in total. The van der Waals surface area contributed by atoms with E-state index >= 15 is 0 Å². The van der Waals surface area contributed by atoms with E-state index in [-0.39, 0.29) is 5.56 Å². The Hall–Kier alpha value is -3.22. The van der Waals surface area contributed by atoms with Crippen LogP contribution in [0.25, 0.3) is 0 Å². The Kier molecular flexibility index (Phi) is 5.06. The maximum absolute atomic E-state index is 13.9. The van der Waals surface area contributed by atoms with Gasteiger partial charge < -0.3 is 14.6 Å². The van der Waals surface area contributed by atoms with Gasteiger partial charge in [0, 0.05) is 18.7 Å². The number of carbonyl (C=O) groups excluding carboxylic acids is 1. The normalized spacial score (nSPS) is 14.9. The van der Waals surface area contributed by atoms with Crippen LogP contribution in [0.3, 0.4) is 0 Å². The van der Waals surface area contributed by atoms with Crippen molar-refractivity contribution in [1.29, 1.82) is 0 Å². The van der Waals surface area contributed by atoms with E-state index in [1.807, 2.05) is 35.2 Å². The predicted molar refractivity (Wildman–Crippen MR) is 103 cm³/mol. The number of hydrogen-bond acceptors (Lipinski definition) is 5. The Morgan fingerprint density at radius 1 is 1.14 bits per heavy atom. The van der Waals surface area contributed by atoms with Gasteiger partial charge in [-0.25, -0.2) is 4.39 Å². The van der Waals surface area contributed by atoms with Crippen LogP contribution in [0.4, 0.5) is 10.4 Å². The molecule has 0 spiro atoms. The number of aromatic nitrogens is 2. The third kappa shape index (κ3) is 3.74. The number of rotatable bonds is 5. The average molecular weight is 380 g/mol. The van der Waals surface area contributed by atoms with E-state index in [1.54, 1.807) is 19.1 Å². The van der Waals surface area contributed by atoms with Crippen LogP contribution < -0.4 is 10.2 Å². The monoisotopic (exact) mass is 380 g/mol. The Labute approximate surface area is 162 Å². The molecule has 1 atom stereocenters. The zero-order chi connectivity index (χ0) is 19.5. The molecule has 1 fully saturated rings. The first kappa shape index (κ1) is 18.2. The van der Waals surface area contributed by atoms with E-state index in [0.717, 1.165) is 31.5 Å². The highest BCUT2D eigenvalue weighted by atomic mass is 19.1. The Balaban J connectivity index is 1.62. The predicted octanol–water partition coefficient (Wildman–Crippen LogP) is 3.64. The van der Waals surface area contributed by atoms with Crippen molar-refractivity contribution < 1.29 is 13.6 Å². The number of nitrogens with one attached hydrogen (secondary N) is 1. The van der Waals surface area contributed by atoms with Crippen molar-refractivity contribution in [3.63, 3.8) is 0 Å². The average Bonchev–Trinajstić information content (AvgIpc) is 3.40. The fraction of sp³-hybridized carbons (Fsp3) is 0.286. The smallest absolute Gasteiger partial charge is 0.318 e. The van der Waals surface area contributed by atoms with Crippen molar-refractivity contribution >= 4 is 11.9 Å². The first-order valence-corrected chi connectivity index (χ1v) is 9.32. The Bertz CT molecular complexity index is 968. The third-order valence-electron chi connectivity index (χ3n) is 4.90. The van der Waals surface area contributed by atoms with Crippen molar-refractivity contribution in [3.05, 3.63) is 76.9 Å². The molecule has 0 saturated carbocycles. The van der Waals surface area contributed by atoms with Gasteiger partial charge in [-0.05, 0) is 43.0 Å². The topological polar surface area (TPSA) is 71.3 Å². The molecular weight excluding hydrogens is 359 g/mol. The number of halogens is 1. The number of aryl methyl sites for hydroxylation is 1. The van der Waals surface area contributed by atoms with Gasteiger partial charge in [0.2, 0.25) is 5.89 Å². The van der Waals surface area contributed by atoms with Crippen LogP contribution in [-0.2, 0) is 0 Å². The summed E-state index contributed by atoms with van der Waals surface area (Å²) in [5.74, 6) is -0.527. The zero-order valence-electron chi connectivity index (χ0n) is 15.6. The SMILES string of the molecule is Cc1ccc(C(=O)N[C@@H](c2ccccc2)c2nnc(N3CCCC3)o2)cc1F. The molecule has 6 nitrogen and oxygen atoms in total. The maximum atomic E-state index is 13.9. The van der Waals surface area contributed by atoms with Crippen molar-refractivity contribution in [2.45, 2.75) is 25.8 Å². The fourth-order valence-corrected chi connectivity index (χ4v) is 3.26. The second-order valence-corrected chi connectivity index (χ2v) is 6.90. The summed E-state index contributed by atoms with van der Waals surface area (Å²) in [6.45, 7) is 3.42. The number of carbonyl (C=O) groups is 1. The molecule has 4 rings (SSSR count). The lowest BCUT2D eigenvalue weighted by molar-refractivity contribution is 0.0937. The van der Waals surface area contributed by atoms with Gasteiger partial charge in [0.05, 0.1) is 0 Å². The van der Waals surface area contributed by atoms with Gasteiger partial charge in [-0.3, -0.25) is 4.79 Å². The summed E-state index contributed by atoms with van der Waals surface area (Å²) in [5, 5.41) is 11.2. The zero-order valence-corrected chi connectivity index (χ0v) is 15.6. The highest BCUT2D eigenvalue weighted by Gasteiger charge is 2.26. The molecule has 1 amide bonds. The molecule has 7 heteroatoms. The van der Waals surface area contributed by atoms with E-state index in [1.165, 1.54) is 6.07 Å². The molecule has 1 saturated heterocycles. The van der Waals surface area contributed by atoms with Crippen molar-refractivity contribution in [3.8, 4) is 0 Å². The minimum Gasteiger partial charge on any atom is -0.405 e. The van der Waals surface area contributed by atoms with E-state index < -0.39 is 17.8 Å². The van der Waals surface area contributed by atoms with Gasteiger partial charge in [-0.1, -0.05) is 41.5 Å². The molecule has 1 aromatic heterocycles. The number of amides is 1. The minimum atomic E-state index is -0.623. The lowest BCUT2D eigenvalue weighted by atomic mass is 10.1. The van der Waals surface area contributed by atoms with Gasteiger partial charge >= 0.3 is 6.01 Å². The maximum Gasteiger partial charge on any atom is 0.318 e. The highest BCUT2D eigenvalue weighted by molar-refractivity contribution is 5.94. The Morgan fingerprint density at radius 3 is 2.61 bits per heavy atom. The summed E-state index contributed by atoms with van der Waals surface area (Å²) in [4.78, 5) is 14.8. The molecule has 0 unspecified atom stereocenters. The summed E-state index contributed by atoms with van der Waals surface area (Å²) in [6.07, 6.45) is 2.19. The van der Waals surface area contributed by atoms with Gasteiger partial charge in [0.1, 0.15) is 11.9 Å². The van der Waals surface area contributed by atoms with E-state index in [0.29, 0.717) is 17.5 Å². The third-order valence-corrected chi connectivity index (χ3v) is 4.90. The molecule has 28 heavy (non-hydrogen) atoms. The fourth-order valence-electron chi connectivity index (χ4n) is 3.26. The summed E-state index contributed by atoms with van der Waals surface area (Å²) in [5.41, 5.74) is 1.53. The van der Waals surface area contributed by atoms with Crippen LogP contribution in [0.5, 0.6) is 0 Å². The van der Waals surface area contributed by atoms with Gasteiger partial charge in [-0.15, -0.1) is 5.10 Å². The second-order valence-electron chi connectivity index (χ2n) is 6.90. The number of nitrogens with zero attached hydrogens (tertiary/aromatic N) is 3. The minimum absolute atomic E-state index is 0.239. The van der Waals surface area contributed by atoms with E-state index in [2.05, 4.69) is 15.5 Å². The first-order chi connectivity index (χ1) is 13.6. The van der Waals surface area contributed by atoms with Crippen molar-refractivity contribution in [2.24, 2.45) is 0 Å². The van der Waals surface area contributed by atoms with Gasteiger partial charge in [0.15, 0.2) is 0 Å².